The second-order valence-corrected chi connectivity index (χ2v) is 6.45. The Morgan fingerprint density at radius 1 is 1.07 bits per heavy atom. The molecule has 1 amide bonds. The van der Waals surface area contributed by atoms with Crippen molar-refractivity contribution in [3.8, 4) is 0 Å². The average Bonchev–Trinajstić information content (AvgIpc) is 2.70. The minimum atomic E-state index is -0.624. The van der Waals surface area contributed by atoms with Crippen molar-refractivity contribution in [2.45, 2.75) is 33.1 Å². The summed E-state index contributed by atoms with van der Waals surface area (Å²) in [6.07, 6.45) is 1.63. The van der Waals surface area contributed by atoms with Crippen LogP contribution >= 0.6 is 0 Å². The fourth-order valence-electron chi connectivity index (χ4n) is 2.62. The molecule has 2 aromatic carbocycles. The highest BCUT2D eigenvalue weighted by Gasteiger charge is 2.15. The molecule has 0 aliphatic rings. The van der Waals surface area contributed by atoms with Gasteiger partial charge in [0.1, 0.15) is 5.76 Å². The van der Waals surface area contributed by atoms with Gasteiger partial charge in [0.15, 0.2) is 11.5 Å². The van der Waals surface area contributed by atoms with E-state index in [4.69, 9.17) is 5.11 Å². The van der Waals surface area contributed by atoms with E-state index < -0.39 is 5.91 Å². The van der Waals surface area contributed by atoms with Crippen LogP contribution in [0.4, 0.5) is 11.4 Å². The molecule has 2 rings (SSSR count). The maximum atomic E-state index is 12.5. The lowest BCUT2D eigenvalue weighted by atomic mass is 10.1. The topological polar surface area (TPSA) is 111 Å². The number of rotatable bonds is 9. The molecule has 0 aliphatic heterocycles. The number of benzene rings is 2. The lowest BCUT2D eigenvalue weighted by Gasteiger charge is -2.07. The minimum absolute atomic E-state index is 0.0465. The first-order valence-corrected chi connectivity index (χ1v) is 9.41. The van der Waals surface area contributed by atoms with E-state index in [1.54, 1.807) is 48.5 Å². The summed E-state index contributed by atoms with van der Waals surface area (Å²) in [5, 5.41) is 29.4. The number of allylic oxidation sites excluding steroid dienone is 1. The normalized spacial score (nSPS) is 12.0. The number of nitrogens with one attached hydrogen (secondary N) is 1. The van der Waals surface area contributed by atoms with E-state index in [9.17, 15) is 14.7 Å². The Morgan fingerprint density at radius 3 is 2.38 bits per heavy atom. The number of ketones is 1. The third-order valence-corrected chi connectivity index (χ3v) is 4.11. The molecule has 0 aliphatic carbocycles. The first kappa shape index (κ1) is 22.0. The van der Waals surface area contributed by atoms with E-state index in [0.29, 0.717) is 36.2 Å². The summed E-state index contributed by atoms with van der Waals surface area (Å²) in [5.74, 6) is -0.970. The van der Waals surface area contributed by atoms with Crippen molar-refractivity contribution in [1.82, 2.24) is 0 Å². The summed E-state index contributed by atoms with van der Waals surface area (Å²) >= 11 is 0. The van der Waals surface area contributed by atoms with Gasteiger partial charge < -0.3 is 15.5 Å². The fraction of sp³-hybridized carbons (Fsp3) is 0.273. The molecule has 2 aromatic rings. The number of Topliss-reactive ketones (excluding diaryl/α,β-unsaturated/α-hetero) is 1. The molecular weight excluding hydrogens is 370 g/mol. The molecule has 29 heavy (non-hydrogen) atoms. The Morgan fingerprint density at radius 2 is 1.76 bits per heavy atom. The van der Waals surface area contributed by atoms with Crippen molar-refractivity contribution in [2.24, 2.45) is 10.2 Å². The van der Waals surface area contributed by atoms with Gasteiger partial charge in [0.2, 0.25) is 0 Å². The summed E-state index contributed by atoms with van der Waals surface area (Å²) in [7, 11) is 0. The van der Waals surface area contributed by atoms with Gasteiger partial charge in [-0.15, -0.1) is 10.2 Å². The lowest BCUT2D eigenvalue weighted by molar-refractivity contribution is -0.113. The molecule has 0 saturated heterocycles. The molecule has 152 valence electrons. The first-order chi connectivity index (χ1) is 14.0. The van der Waals surface area contributed by atoms with Crippen LogP contribution in [0, 0.1) is 0 Å². The highest BCUT2D eigenvalue weighted by Crippen LogP contribution is 2.23. The number of aliphatic hydroxyl groups excluding tert-OH is 2. The molecule has 0 spiro atoms. The first-order valence-electron chi connectivity index (χ1n) is 9.41. The number of anilines is 1. The van der Waals surface area contributed by atoms with Crippen molar-refractivity contribution in [1.29, 1.82) is 0 Å². The van der Waals surface area contributed by atoms with Crippen LogP contribution in [0.25, 0.3) is 0 Å². The molecule has 7 nitrogen and oxygen atoms in total. The van der Waals surface area contributed by atoms with Gasteiger partial charge in [-0.25, -0.2) is 0 Å². The van der Waals surface area contributed by atoms with Crippen molar-refractivity contribution in [2.75, 3.05) is 11.9 Å². The quantitative estimate of drug-likeness (QED) is 0.247. The van der Waals surface area contributed by atoms with Crippen LogP contribution in [-0.2, 0) is 11.2 Å². The third kappa shape index (κ3) is 6.36. The van der Waals surface area contributed by atoms with Gasteiger partial charge in [-0.1, -0.05) is 31.2 Å². The monoisotopic (exact) mass is 395 g/mol. The predicted molar refractivity (Wildman–Crippen MR) is 111 cm³/mol. The van der Waals surface area contributed by atoms with Crippen LogP contribution in [0.1, 0.15) is 42.6 Å². The van der Waals surface area contributed by atoms with E-state index >= 15 is 0 Å². The van der Waals surface area contributed by atoms with Gasteiger partial charge in [-0.05, 0) is 49.6 Å². The molecule has 0 bridgehead atoms. The molecule has 0 unspecified atom stereocenters. The van der Waals surface area contributed by atoms with E-state index in [1.807, 2.05) is 6.92 Å². The zero-order valence-corrected chi connectivity index (χ0v) is 16.6. The maximum absolute atomic E-state index is 12.5. The maximum Gasteiger partial charge on any atom is 0.279 e. The summed E-state index contributed by atoms with van der Waals surface area (Å²) in [4.78, 5) is 24.8. The Hall–Kier alpha value is -3.32. The second kappa shape index (κ2) is 10.9. The van der Waals surface area contributed by atoms with Crippen LogP contribution in [-0.4, -0.2) is 28.5 Å². The number of hydrogen-bond donors (Lipinski definition) is 3. The molecule has 0 radical (unpaired) electrons. The van der Waals surface area contributed by atoms with Crippen molar-refractivity contribution in [3.63, 3.8) is 0 Å². The largest absolute Gasteiger partial charge is 0.510 e. The molecule has 0 saturated carbocycles. The van der Waals surface area contributed by atoms with Crippen molar-refractivity contribution in [3.05, 3.63) is 71.1 Å². The number of aliphatic hydroxyl groups is 2. The number of carbonyl (C=O) groups is 2. The lowest BCUT2D eigenvalue weighted by Crippen LogP contribution is -2.14. The minimum Gasteiger partial charge on any atom is -0.510 e. The molecule has 3 N–H and O–H groups in total. The van der Waals surface area contributed by atoms with E-state index in [1.165, 1.54) is 6.92 Å². The summed E-state index contributed by atoms with van der Waals surface area (Å²) in [6, 6.07) is 13.7. The number of nitrogens with zero attached hydrogens (tertiary/aromatic N) is 2. The van der Waals surface area contributed by atoms with Crippen LogP contribution in [0.5, 0.6) is 0 Å². The zero-order chi connectivity index (χ0) is 21.2. The highest BCUT2D eigenvalue weighted by atomic mass is 16.3. The van der Waals surface area contributed by atoms with E-state index in [-0.39, 0.29) is 23.8 Å². The molecule has 7 heteroatoms. The molecule has 0 fully saturated rings. The third-order valence-electron chi connectivity index (χ3n) is 4.11. The molecule has 0 aromatic heterocycles. The van der Waals surface area contributed by atoms with Crippen LogP contribution < -0.4 is 5.32 Å². The van der Waals surface area contributed by atoms with Crippen molar-refractivity contribution >= 4 is 23.1 Å². The van der Waals surface area contributed by atoms with Crippen LogP contribution in [0.3, 0.4) is 0 Å². The molecular formula is C22H25N3O4. The average molecular weight is 395 g/mol. The van der Waals surface area contributed by atoms with Crippen molar-refractivity contribution < 1.29 is 19.8 Å². The summed E-state index contributed by atoms with van der Waals surface area (Å²) in [6.45, 7) is 3.30. The number of amides is 1. The van der Waals surface area contributed by atoms with Crippen LogP contribution in [0.15, 0.2) is 70.2 Å². The van der Waals surface area contributed by atoms with Gasteiger partial charge in [-0.3, -0.25) is 9.59 Å². The van der Waals surface area contributed by atoms with Gasteiger partial charge in [0, 0.05) is 24.3 Å². The Kier molecular flexibility index (Phi) is 8.24. The Labute approximate surface area is 169 Å². The van der Waals surface area contributed by atoms with Gasteiger partial charge in [0.05, 0.1) is 5.69 Å². The number of azo groups is 1. The van der Waals surface area contributed by atoms with Gasteiger partial charge >= 0.3 is 0 Å². The SMILES string of the molecule is CCCC(=O)c1ccccc1N=NC(C(=O)Nc1ccc(CCO)cc1)=C(C)O. The molecule has 0 heterocycles. The van der Waals surface area contributed by atoms with E-state index in [2.05, 4.69) is 15.5 Å². The van der Waals surface area contributed by atoms with Gasteiger partial charge in [0.25, 0.3) is 5.91 Å². The zero-order valence-electron chi connectivity index (χ0n) is 16.6. The smallest absolute Gasteiger partial charge is 0.279 e. The van der Waals surface area contributed by atoms with Crippen LogP contribution in [0.2, 0.25) is 0 Å². The second-order valence-electron chi connectivity index (χ2n) is 6.45. The fourth-order valence-corrected chi connectivity index (χ4v) is 2.62. The number of hydrogen-bond acceptors (Lipinski definition) is 6. The number of carbonyl (C=O) groups excluding carboxylic acids is 2. The summed E-state index contributed by atoms with van der Waals surface area (Å²) < 4.78 is 0. The summed E-state index contributed by atoms with van der Waals surface area (Å²) in [5.41, 5.74) is 1.97. The Bertz CT molecular complexity index is 914. The van der Waals surface area contributed by atoms with E-state index in [0.717, 1.165) is 5.56 Å². The molecule has 0 atom stereocenters. The Balaban J connectivity index is 2.19. The highest BCUT2D eigenvalue weighted by molar-refractivity contribution is 6.04. The standard InChI is InChI=1S/C22H25N3O4/c1-3-6-20(28)18-7-4-5-8-19(18)24-25-21(15(2)27)22(29)23-17-11-9-16(10-12-17)13-14-26/h4-5,7-12,26-27H,3,6,13-14H2,1-2H3,(H,23,29). The predicted octanol–water partition coefficient (Wildman–Crippen LogP) is 4.72. The van der Waals surface area contributed by atoms with Gasteiger partial charge in [-0.2, -0.15) is 0 Å².